The molecule has 0 spiro atoms. The van der Waals surface area contributed by atoms with Crippen molar-refractivity contribution < 1.29 is 9.47 Å². The standard InChI is InChI=1S/C15H22N2O2/c1-10-2-7-13-14(8-10)19-15(18-13)9-17-12-5-3-11(16)4-6-12/h2,7-8,11-12,15,17H,3-6,9,16H2,1H3/t11-,12-,15?. The quantitative estimate of drug-likeness (QED) is 0.874. The van der Waals surface area contributed by atoms with Crippen LogP contribution in [0.2, 0.25) is 0 Å². The number of benzene rings is 1. The number of hydrogen-bond acceptors (Lipinski definition) is 4. The number of fused-ring (bicyclic) bond motifs is 1. The number of aryl methyl sites for hydroxylation is 1. The van der Waals surface area contributed by atoms with Crippen LogP contribution in [0.4, 0.5) is 0 Å². The summed E-state index contributed by atoms with van der Waals surface area (Å²) >= 11 is 0. The molecule has 4 heteroatoms. The maximum atomic E-state index is 5.91. The van der Waals surface area contributed by atoms with Gasteiger partial charge in [0.25, 0.3) is 6.29 Å². The summed E-state index contributed by atoms with van der Waals surface area (Å²) < 4.78 is 11.6. The lowest BCUT2D eigenvalue weighted by Crippen LogP contribution is -2.42. The lowest BCUT2D eigenvalue weighted by Gasteiger charge is -2.27. The van der Waals surface area contributed by atoms with Gasteiger partial charge < -0.3 is 20.5 Å². The third-order valence-electron chi connectivity index (χ3n) is 3.96. The molecule has 104 valence electrons. The number of ether oxygens (including phenoxy) is 2. The van der Waals surface area contributed by atoms with E-state index in [2.05, 4.69) is 12.2 Å². The molecule has 1 aliphatic carbocycles. The van der Waals surface area contributed by atoms with Gasteiger partial charge in [0.05, 0.1) is 6.54 Å². The van der Waals surface area contributed by atoms with E-state index >= 15 is 0 Å². The highest BCUT2D eigenvalue weighted by Gasteiger charge is 2.25. The summed E-state index contributed by atoms with van der Waals surface area (Å²) in [5, 5.41) is 3.53. The fourth-order valence-electron chi connectivity index (χ4n) is 2.78. The molecule has 1 aromatic rings. The van der Waals surface area contributed by atoms with Gasteiger partial charge in [-0.2, -0.15) is 0 Å². The Labute approximate surface area is 114 Å². The van der Waals surface area contributed by atoms with Crippen molar-refractivity contribution in [3.05, 3.63) is 23.8 Å². The van der Waals surface area contributed by atoms with Gasteiger partial charge >= 0.3 is 0 Å². The molecule has 19 heavy (non-hydrogen) atoms. The Morgan fingerprint density at radius 1 is 1.16 bits per heavy atom. The van der Waals surface area contributed by atoms with Crippen LogP contribution in [-0.2, 0) is 0 Å². The first kappa shape index (κ1) is 12.8. The summed E-state index contributed by atoms with van der Waals surface area (Å²) in [6, 6.07) is 6.99. The molecule has 4 nitrogen and oxygen atoms in total. The van der Waals surface area contributed by atoms with Gasteiger partial charge in [0.15, 0.2) is 11.5 Å². The number of hydrogen-bond donors (Lipinski definition) is 2. The molecule has 3 N–H and O–H groups in total. The van der Waals surface area contributed by atoms with Crippen LogP contribution in [-0.4, -0.2) is 24.9 Å². The zero-order chi connectivity index (χ0) is 13.2. The van der Waals surface area contributed by atoms with Crippen molar-refractivity contribution in [3.63, 3.8) is 0 Å². The van der Waals surface area contributed by atoms with Crippen molar-refractivity contribution in [2.45, 2.75) is 51.0 Å². The Hall–Kier alpha value is -1.26. The van der Waals surface area contributed by atoms with E-state index in [0.717, 1.165) is 43.7 Å². The maximum absolute atomic E-state index is 5.91. The van der Waals surface area contributed by atoms with Crippen molar-refractivity contribution in [1.82, 2.24) is 5.32 Å². The Morgan fingerprint density at radius 3 is 2.68 bits per heavy atom. The molecule has 0 radical (unpaired) electrons. The van der Waals surface area contributed by atoms with Crippen LogP contribution in [0.5, 0.6) is 11.5 Å². The summed E-state index contributed by atoms with van der Waals surface area (Å²) in [5.41, 5.74) is 7.10. The lowest BCUT2D eigenvalue weighted by atomic mass is 9.92. The van der Waals surface area contributed by atoms with Gasteiger partial charge in [-0.05, 0) is 50.3 Å². The Bertz CT molecular complexity index is 442. The molecular formula is C15H22N2O2. The van der Waals surface area contributed by atoms with Crippen LogP contribution in [0.25, 0.3) is 0 Å². The van der Waals surface area contributed by atoms with Gasteiger partial charge in [-0.15, -0.1) is 0 Å². The van der Waals surface area contributed by atoms with Crippen molar-refractivity contribution >= 4 is 0 Å². The van der Waals surface area contributed by atoms with Crippen LogP contribution in [0.15, 0.2) is 18.2 Å². The predicted octanol–water partition coefficient (Wildman–Crippen LogP) is 1.95. The first-order chi connectivity index (χ1) is 9.20. The number of rotatable bonds is 3. The Balaban J connectivity index is 1.48. The Kier molecular flexibility index (Phi) is 3.62. The fraction of sp³-hybridized carbons (Fsp3) is 0.600. The highest BCUT2D eigenvalue weighted by Crippen LogP contribution is 2.35. The summed E-state index contributed by atoms with van der Waals surface area (Å²) in [7, 11) is 0. The third kappa shape index (κ3) is 3.01. The lowest BCUT2D eigenvalue weighted by molar-refractivity contribution is 0.0458. The summed E-state index contributed by atoms with van der Waals surface area (Å²) in [4.78, 5) is 0. The molecular weight excluding hydrogens is 240 g/mol. The second kappa shape index (κ2) is 5.39. The molecule has 2 aliphatic rings. The average Bonchev–Trinajstić information content (AvgIpc) is 2.80. The maximum Gasteiger partial charge on any atom is 0.253 e. The van der Waals surface area contributed by atoms with Crippen LogP contribution in [0.3, 0.4) is 0 Å². The smallest absolute Gasteiger partial charge is 0.253 e. The summed E-state index contributed by atoms with van der Waals surface area (Å²) in [5.74, 6) is 1.71. The molecule has 1 aliphatic heterocycles. The second-order valence-corrected chi connectivity index (χ2v) is 5.64. The molecule has 1 heterocycles. The largest absolute Gasteiger partial charge is 0.450 e. The van der Waals surface area contributed by atoms with Crippen LogP contribution in [0, 0.1) is 6.92 Å². The predicted molar refractivity (Wildman–Crippen MR) is 74.5 cm³/mol. The van der Waals surface area contributed by atoms with Crippen molar-refractivity contribution in [3.8, 4) is 11.5 Å². The molecule has 0 amide bonds. The monoisotopic (exact) mass is 262 g/mol. The second-order valence-electron chi connectivity index (χ2n) is 5.64. The van der Waals surface area contributed by atoms with Gasteiger partial charge in [0, 0.05) is 12.1 Å². The molecule has 0 bridgehead atoms. The van der Waals surface area contributed by atoms with Crippen molar-refractivity contribution in [2.24, 2.45) is 5.73 Å². The minimum absolute atomic E-state index is 0.201. The SMILES string of the molecule is Cc1ccc2c(c1)OC(CN[C@H]1CC[C@H](N)CC1)O2. The molecule has 1 aromatic carbocycles. The topological polar surface area (TPSA) is 56.5 Å². The first-order valence-electron chi connectivity index (χ1n) is 7.13. The van der Waals surface area contributed by atoms with Crippen molar-refractivity contribution in [2.75, 3.05) is 6.54 Å². The van der Waals surface area contributed by atoms with Gasteiger partial charge in [-0.25, -0.2) is 0 Å². The van der Waals surface area contributed by atoms with Crippen molar-refractivity contribution in [1.29, 1.82) is 0 Å². The minimum atomic E-state index is -0.201. The average molecular weight is 262 g/mol. The molecule has 1 fully saturated rings. The third-order valence-corrected chi connectivity index (χ3v) is 3.96. The fourth-order valence-corrected chi connectivity index (χ4v) is 2.78. The molecule has 0 aromatic heterocycles. The molecule has 1 saturated carbocycles. The van der Waals surface area contributed by atoms with Gasteiger partial charge in [0.2, 0.25) is 0 Å². The van der Waals surface area contributed by atoms with E-state index in [1.165, 1.54) is 5.56 Å². The van der Waals surface area contributed by atoms with E-state index in [1.54, 1.807) is 0 Å². The molecule has 1 atom stereocenters. The highest BCUT2D eigenvalue weighted by atomic mass is 16.7. The van der Waals surface area contributed by atoms with Gasteiger partial charge in [-0.3, -0.25) is 0 Å². The van der Waals surface area contributed by atoms with Crippen LogP contribution < -0.4 is 20.5 Å². The Morgan fingerprint density at radius 2 is 1.89 bits per heavy atom. The van der Waals surface area contributed by atoms with E-state index < -0.39 is 0 Å². The van der Waals surface area contributed by atoms with Gasteiger partial charge in [0.1, 0.15) is 0 Å². The van der Waals surface area contributed by atoms with E-state index in [0.29, 0.717) is 12.1 Å². The van der Waals surface area contributed by atoms with E-state index in [9.17, 15) is 0 Å². The zero-order valence-corrected chi connectivity index (χ0v) is 11.4. The van der Waals surface area contributed by atoms with Crippen LogP contribution >= 0.6 is 0 Å². The highest BCUT2D eigenvalue weighted by molar-refractivity contribution is 5.44. The zero-order valence-electron chi connectivity index (χ0n) is 11.4. The van der Waals surface area contributed by atoms with Gasteiger partial charge in [-0.1, -0.05) is 6.07 Å². The van der Waals surface area contributed by atoms with E-state index in [4.69, 9.17) is 15.2 Å². The summed E-state index contributed by atoms with van der Waals surface area (Å²) in [6.45, 7) is 2.79. The normalized spacial score (nSPS) is 29.5. The minimum Gasteiger partial charge on any atom is -0.450 e. The number of nitrogens with two attached hydrogens (primary N) is 1. The number of nitrogens with one attached hydrogen (secondary N) is 1. The molecule has 1 unspecified atom stereocenters. The van der Waals surface area contributed by atoms with Crippen LogP contribution in [0.1, 0.15) is 31.2 Å². The summed E-state index contributed by atoms with van der Waals surface area (Å²) in [6.07, 6.45) is 4.33. The van der Waals surface area contributed by atoms with E-state index in [1.807, 2.05) is 18.2 Å². The molecule has 0 saturated heterocycles. The van der Waals surface area contributed by atoms with E-state index in [-0.39, 0.29) is 6.29 Å². The molecule has 3 rings (SSSR count). The first-order valence-corrected chi connectivity index (χ1v) is 7.13.